The number of hydrogen-bond donors (Lipinski definition) is 0. The van der Waals surface area contributed by atoms with E-state index in [1.165, 1.54) is 35.9 Å². The van der Waals surface area contributed by atoms with Gasteiger partial charge in [-0.1, -0.05) is 0 Å². The SMILES string of the molecule is COC(=O)c1ccc2c(c1)N(Cc1cc(F)cc(F)c1)C(=O)C(C)S2. The second kappa shape index (κ2) is 6.84. The maximum atomic E-state index is 13.5. The van der Waals surface area contributed by atoms with Gasteiger partial charge in [0.2, 0.25) is 5.91 Å². The summed E-state index contributed by atoms with van der Waals surface area (Å²) in [6, 6.07) is 8.09. The maximum Gasteiger partial charge on any atom is 0.337 e. The first-order valence-electron chi connectivity index (χ1n) is 7.54. The minimum absolute atomic E-state index is 0.00996. The minimum atomic E-state index is -0.703. The predicted octanol–water partition coefficient (Wildman–Crippen LogP) is 3.78. The fourth-order valence-electron chi connectivity index (χ4n) is 2.70. The van der Waals surface area contributed by atoms with Crippen LogP contribution in [0.25, 0.3) is 0 Å². The molecule has 4 nitrogen and oxygen atoms in total. The van der Waals surface area contributed by atoms with Crippen LogP contribution in [0.5, 0.6) is 0 Å². The molecule has 0 bridgehead atoms. The smallest absolute Gasteiger partial charge is 0.337 e. The fourth-order valence-corrected chi connectivity index (χ4v) is 3.75. The summed E-state index contributed by atoms with van der Waals surface area (Å²) in [6.45, 7) is 1.78. The lowest BCUT2D eigenvalue weighted by atomic mass is 10.1. The van der Waals surface area contributed by atoms with E-state index in [0.29, 0.717) is 16.8 Å². The second-order valence-corrected chi connectivity index (χ2v) is 7.02. The average Bonchev–Trinajstić information content (AvgIpc) is 2.57. The molecule has 1 unspecified atom stereocenters. The molecule has 0 radical (unpaired) electrons. The number of halogens is 2. The molecule has 0 N–H and O–H groups in total. The number of amides is 1. The van der Waals surface area contributed by atoms with E-state index in [9.17, 15) is 18.4 Å². The maximum absolute atomic E-state index is 13.5. The standard InChI is InChI=1S/C18H15F2NO3S/c1-10-17(22)21(9-11-5-13(19)8-14(20)6-11)15-7-12(18(23)24-2)3-4-16(15)25-10/h3-8,10H,9H2,1-2H3. The van der Waals surface area contributed by atoms with Crippen LogP contribution in [-0.2, 0) is 16.1 Å². The largest absolute Gasteiger partial charge is 0.465 e. The third-order valence-electron chi connectivity index (χ3n) is 3.85. The highest BCUT2D eigenvalue weighted by atomic mass is 32.2. The lowest BCUT2D eigenvalue weighted by Crippen LogP contribution is -2.39. The van der Waals surface area contributed by atoms with E-state index in [-0.39, 0.29) is 17.7 Å². The summed E-state index contributed by atoms with van der Waals surface area (Å²) in [6.07, 6.45) is 0. The highest BCUT2D eigenvalue weighted by Crippen LogP contribution is 2.40. The number of anilines is 1. The van der Waals surface area contributed by atoms with Gasteiger partial charge in [-0.2, -0.15) is 0 Å². The Kier molecular flexibility index (Phi) is 4.76. The zero-order chi connectivity index (χ0) is 18.1. The molecule has 7 heteroatoms. The zero-order valence-corrected chi connectivity index (χ0v) is 14.4. The van der Waals surface area contributed by atoms with Gasteiger partial charge < -0.3 is 9.64 Å². The lowest BCUT2D eigenvalue weighted by molar-refractivity contribution is -0.118. The van der Waals surface area contributed by atoms with Crippen LogP contribution in [0.15, 0.2) is 41.3 Å². The Hall–Kier alpha value is -2.41. The molecule has 1 aliphatic heterocycles. The van der Waals surface area contributed by atoms with Crippen LogP contribution in [0.4, 0.5) is 14.5 Å². The number of fused-ring (bicyclic) bond motifs is 1. The molecule has 2 aromatic carbocycles. The van der Waals surface area contributed by atoms with E-state index in [4.69, 9.17) is 4.74 Å². The fraction of sp³-hybridized carbons (Fsp3) is 0.222. The van der Waals surface area contributed by atoms with Crippen LogP contribution in [0.1, 0.15) is 22.8 Å². The van der Waals surface area contributed by atoms with Crippen molar-refractivity contribution in [2.75, 3.05) is 12.0 Å². The topological polar surface area (TPSA) is 46.6 Å². The number of esters is 1. The van der Waals surface area contributed by atoms with Gasteiger partial charge in [0.25, 0.3) is 0 Å². The Bertz CT molecular complexity index is 836. The van der Waals surface area contributed by atoms with Crippen LogP contribution in [0.2, 0.25) is 0 Å². The third kappa shape index (κ3) is 3.51. The van der Waals surface area contributed by atoms with Gasteiger partial charge in [0, 0.05) is 11.0 Å². The third-order valence-corrected chi connectivity index (χ3v) is 5.01. The molecule has 0 aromatic heterocycles. The number of hydrogen-bond acceptors (Lipinski definition) is 4. The molecule has 1 amide bonds. The normalized spacial score (nSPS) is 16.6. The number of rotatable bonds is 3. The van der Waals surface area contributed by atoms with E-state index >= 15 is 0 Å². The summed E-state index contributed by atoms with van der Waals surface area (Å²) in [5, 5.41) is -0.338. The zero-order valence-electron chi connectivity index (χ0n) is 13.6. The average molecular weight is 363 g/mol. The monoisotopic (exact) mass is 363 g/mol. The van der Waals surface area contributed by atoms with E-state index < -0.39 is 17.6 Å². The first-order chi connectivity index (χ1) is 11.9. The van der Waals surface area contributed by atoms with Crippen molar-refractivity contribution in [3.63, 3.8) is 0 Å². The van der Waals surface area contributed by atoms with Crippen LogP contribution in [0.3, 0.4) is 0 Å². The first-order valence-corrected chi connectivity index (χ1v) is 8.42. The molecule has 0 fully saturated rings. The Morgan fingerprint density at radius 2 is 1.88 bits per heavy atom. The molecule has 25 heavy (non-hydrogen) atoms. The van der Waals surface area contributed by atoms with E-state index in [0.717, 1.165) is 11.0 Å². The van der Waals surface area contributed by atoms with E-state index in [2.05, 4.69) is 0 Å². The second-order valence-electron chi connectivity index (χ2n) is 5.64. The Labute approximate surface area is 147 Å². The molecule has 1 aliphatic rings. The Balaban J connectivity index is 2.03. The van der Waals surface area contributed by atoms with Crippen molar-refractivity contribution in [3.8, 4) is 0 Å². The molecule has 130 valence electrons. The van der Waals surface area contributed by atoms with E-state index in [1.807, 2.05) is 0 Å². The van der Waals surface area contributed by atoms with Crippen LogP contribution < -0.4 is 4.90 Å². The number of carbonyl (C=O) groups excluding carboxylic acids is 2. The molecular formula is C18H15F2NO3S. The van der Waals surface area contributed by atoms with Gasteiger partial charge in [0.1, 0.15) is 11.6 Å². The minimum Gasteiger partial charge on any atom is -0.465 e. The number of methoxy groups -OCH3 is 1. The summed E-state index contributed by atoms with van der Waals surface area (Å²) in [5.41, 5.74) is 1.17. The highest BCUT2D eigenvalue weighted by molar-refractivity contribution is 8.00. The van der Waals surface area contributed by atoms with Gasteiger partial charge in [-0.25, -0.2) is 13.6 Å². The first kappa shape index (κ1) is 17.4. The van der Waals surface area contributed by atoms with Crippen molar-refractivity contribution in [3.05, 3.63) is 59.2 Å². The van der Waals surface area contributed by atoms with Gasteiger partial charge in [0.05, 0.1) is 30.2 Å². The number of ether oxygens (including phenoxy) is 1. The molecule has 0 saturated heterocycles. The summed E-state index contributed by atoms with van der Waals surface area (Å²) in [4.78, 5) is 26.6. The summed E-state index contributed by atoms with van der Waals surface area (Å²) in [7, 11) is 1.27. The molecule has 3 rings (SSSR count). The van der Waals surface area contributed by atoms with Gasteiger partial charge in [-0.05, 0) is 42.8 Å². The van der Waals surface area contributed by atoms with Gasteiger partial charge in [0.15, 0.2) is 0 Å². The summed E-state index contributed by atoms with van der Waals surface area (Å²) in [5.74, 6) is -2.12. The van der Waals surface area contributed by atoms with Crippen LogP contribution in [0, 0.1) is 11.6 Å². The van der Waals surface area contributed by atoms with Gasteiger partial charge >= 0.3 is 5.97 Å². The van der Waals surface area contributed by atoms with Crippen molar-refractivity contribution in [1.82, 2.24) is 0 Å². The predicted molar refractivity (Wildman–Crippen MR) is 90.6 cm³/mol. The van der Waals surface area contributed by atoms with Gasteiger partial charge in [-0.15, -0.1) is 11.8 Å². The van der Waals surface area contributed by atoms with Crippen molar-refractivity contribution >= 4 is 29.3 Å². The quantitative estimate of drug-likeness (QED) is 0.779. The van der Waals surface area contributed by atoms with Crippen LogP contribution >= 0.6 is 11.8 Å². The number of carbonyl (C=O) groups is 2. The molecule has 0 aliphatic carbocycles. The lowest BCUT2D eigenvalue weighted by Gasteiger charge is -2.32. The summed E-state index contributed by atoms with van der Waals surface area (Å²) < 4.78 is 31.6. The van der Waals surface area contributed by atoms with Crippen molar-refractivity contribution in [2.24, 2.45) is 0 Å². The van der Waals surface area contributed by atoms with Crippen LogP contribution in [-0.4, -0.2) is 24.2 Å². The van der Waals surface area contributed by atoms with Crippen molar-refractivity contribution in [1.29, 1.82) is 0 Å². The Morgan fingerprint density at radius 1 is 1.20 bits per heavy atom. The van der Waals surface area contributed by atoms with Gasteiger partial charge in [-0.3, -0.25) is 4.79 Å². The number of benzene rings is 2. The molecule has 2 aromatic rings. The van der Waals surface area contributed by atoms with Crippen molar-refractivity contribution in [2.45, 2.75) is 23.6 Å². The van der Waals surface area contributed by atoms with E-state index in [1.54, 1.807) is 25.1 Å². The number of nitrogens with zero attached hydrogens (tertiary/aromatic N) is 1. The number of thioether (sulfide) groups is 1. The molecule has 1 heterocycles. The summed E-state index contributed by atoms with van der Waals surface area (Å²) >= 11 is 1.38. The molecule has 0 spiro atoms. The molecule has 1 atom stereocenters. The molecule has 0 saturated carbocycles. The molecular weight excluding hydrogens is 348 g/mol. The van der Waals surface area contributed by atoms with Crippen molar-refractivity contribution < 1.29 is 23.1 Å². The Morgan fingerprint density at radius 3 is 2.52 bits per heavy atom. The highest BCUT2D eigenvalue weighted by Gasteiger charge is 2.31.